The monoisotopic (exact) mass is 177 g/mol. The van der Waals surface area contributed by atoms with Crippen molar-refractivity contribution in [3.63, 3.8) is 0 Å². The maximum absolute atomic E-state index is 10.6. The highest BCUT2D eigenvalue weighted by Gasteiger charge is 2.40. The molecule has 0 aliphatic heterocycles. The van der Waals surface area contributed by atoms with Gasteiger partial charge in [-0.1, -0.05) is 0 Å². The molecule has 11 heavy (non-hydrogen) atoms. The summed E-state index contributed by atoms with van der Waals surface area (Å²) in [5.41, 5.74) is 0.0274. The third-order valence-corrected chi connectivity index (χ3v) is 3.41. The normalized spacial score (nSPS) is 24.7. The Morgan fingerprint density at radius 2 is 2.09 bits per heavy atom. The van der Waals surface area contributed by atoms with Crippen LogP contribution in [0.3, 0.4) is 0 Å². The second-order valence-corrected chi connectivity index (χ2v) is 4.37. The SMILES string of the molecule is CN(C)C1(CS(=O)O)CCC1. The first-order chi connectivity index (χ1) is 5.07. The molecule has 1 fully saturated rings. The topological polar surface area (TPSA) is 40.5 Å². The smallest absolute Gasteiger partial charge is 0.154 e. The van der Waals surface area contributed by atoms with E-state index in [-0.39, 0.29) is 5.54 Å². The third-order valence-electron chi connectivity index (χ3n) is 2.63. The molecule has 1 unspecified atom stereocenters. The molecule has 66 valence electrons. The van der Waals surface area contributed by atoms with E-state index in [0.717, 1.165) is 12.8 Å². The summed E-state index contributed by atoms with van der Waals surface area (Å²) in [6, 6.07) is 0. The molecule has 1 aliphatic rings. The van der Waals surface area contributed by atoms with Crippen LogP contribution in [0.15, 0.2) is 0 Å². The van der Waals surface area contributed by atoms with E-state index in [1.54, 1.807) is 0 Å². The molecule has 0 bridgehead atoms. The number of rotatable bonds is 3. The Balaban J connectivity index is 2.53. The zero-order valence-corrected chi connectivity index (χ0v) is 7.86. The average molecular weight is 177 g/mol. The molecule has 0 aromatic heterocycles. The van der Waals surface area contributed by atoms with Gasteiger partial charge in [-0.3, -0.25) is 0 Å². The molecule has 1 rings (SSSR count). The van der Waals surface area contributed by atoms with Crippen LogP contribution in [0.4, 0.5) is 0 Å². The maximum atomic E-state index is 10.6. The Labute approximate surface area is 70.1 Å². The highest BCUT2D eigenvalue weighted by molar-refractivity contribution is 7.79. The van der Waals surface area contributed by atoms with Gasteiger partial charge in [-0.25, -0.2) is 4.21 Å². The van der Waals surface area contributed by atoms with Gasteiger partial charge >= 0.3 is 0 Å². The van der Waals surface area contributed by atoms with E-state index in [2.05, 4.69) is 4.90 Å². The van der Waals surface area contributed by atoms with Gasteiger partial charge in [0.05, 0.1) is 5.75 Å². The highest BCUT2D eigenvalue weighted by Crippen LogP contribution is 2.36. The van der Waals surface area contributed by atoms with Crippen LogP contribution in [-0.2, 0) is 11.1 Å². The van der Waals surface area contributed by atoms with Crippen molar-refractivity contribution in [3.05, 3.63) is 0 Å². The zero-order valence-electron chi connectivity index (χ0n) is 7.04. The lowest BCUT2D eigenvalue weighted by molar-refractivity contribution is 0.0833. The molecule has 3 nitrogen and oxygen atoms in total. The molecular formula is C7H15NO2S. The molecule has 1 N–H and O–H groups in total. The van der Waals surface area contributed by atoms with Crippen molar-refractivity contribution in [2.45, 2.75) is 24.8 Å². The van der Waals surface area contributed by atoms with Crippen molar-refractivity contribution in [2.24, 2.45) is 0 Å². The van der Waals surface area contributed by atoms with Crippen LogP contribution in [0.25, 0.3) is 0 Å². The van der Waals surface area contributed by atoms with Gasteiger partial charge in [-0.15, -0.1) is 0 Å². The molecule has 1 aliphatic carbocycles. The van der Waals surface area contributed by atoms with Crippen molar-refractivity contribution in [2.75, 3.05) is 19.8 Å². The first-order valence-electron chi connectivity index (χ1n) is 3.82. The van der Waals surface area contributed by atoms with Crippen LogP contribution in [0.1, 0.15) is 19.3 Å². The number of hydrogen-bond acceptors (Lipinski definition) is 2. The highest BCUT2D eigenvalue weighted by atomic mass is 32.2. The van der Waals surface area contributed by atoms with Gasteiger partial charge in [0.15, 0.2) is 11.1 Å². The lowest BCUT2D eigenvalue weighted by Gasteiger charge is -2.46. The molecule has 1 atom stereocenters. The predicted molar refractivity (Wildman–Crippen MR) is 45.9 cm³/mol. The average Bonchev–Trinajstić information content (AvgIpc) is 1.77. The van der Waals surface area contributed by atoms with Gasteiger partial charge in [0.1, 0.15) is 0 Å². The minimum absolute atomic E-state index is 0.0274. The first kappa shape index (κ1) is 9.16. The Hall–Kier alpha value is 0.0700. The second-order valence-electron chi connectivity index (χ2n) is 3.44. The molecule has 0 amide bonds. The van der Waals surface area contributed by atoms with Crippen LogP contribution >= 0.6 is 0 Å². The lowest BCUT2D eigenvalue weighted by atomic mass is 9.77. The van der Waals surface area contributed by atoms with Crippen LogP contribution < -0.4 is 0 Å². The summed E-state index contributed by atoms with van der Waals surface area (Å²) >= 11 is -1.65. The minimum Gasteiger partial charge on any atom is -0.306 e. The Morgan fingerprint density at radius 3 is 2.18 bits per heavy atom. The minimum atomic E-state index is -1.65. The Morgan fingerprint density at radius 1 is 1.55 bits per heavy atom. The van der Waals surface area contributed by atoms with Gasteiger partial charge < -0.3 is 9.45 Å². The summed E-state index contributed by atoms with van der Waals surface area (Å²) in [4.78, 5) is 2.07. The number of hydrogen-bond donors (Lipinski definition) is 1. The fourth-order valence-electron chi connectivity index (χ4n) is 1.54. The quantitative estimate of drug-likeness (QED) is 0.645. The molecular weight excluding hydrogens is 162 g/mol. The molecule has 4 heteroatoms. The van der Waals surface area contributed by atoms with Crippen molar-refractivity contribution in [1.29, 1.82) is 0 Å². The second kappa shape index (κ2) is 3.21. The van der Waals surface area contributed by atoms with Crippen LogP contribution in [-0.4, -0.2) is 39.0 Å². The maximum Gasteiger partial charge on any atom is 0.154 e. The van der Waals surface area contributed by atoms with E-state index >= 15 is 0 Å². The molecule has 0 aromatic rings. The molecule has 0 spiro atoms. The van der Waals surface area contributed by atoms with Crippen LogP contribution in [0.2, 0.25) is 0 Å². The van der Waals surface area contributed by atoms with Crippen LogP contribution in [0, 0.1) is 0 Å². The summed E-state index contributed by atoms with van der Waals surface area (Å²) in [5, 5.41) is 0. The van der Waals surface area contributed by atoms with Crippen molar-refractivity contribution >= 4 is 11.1 Å². The number of nitrogens with zero attached hydrogens (tertiary/aromatic N) is 1. The van der Waals surface area contributed by atoms with E-state index in [0.29, 0.717) is 5.75 Å². The van der Waals surface area contributed by atoms with Gasteiger partial charge in [0.25, 0.3) is 0 Å². The van der Waals surface area contributed by atoms with E-state index in [4.69, 9.17) is 4.55 Å². The van der Waals surface area contributed by atoms with Crippen molar-refractivity contribution < 1.29 is 8.76 Å². The predicted octanol–water partition coefficient (Wildman–Crippen LogP) is 0.692. The first-order valence-corrected chi connectivity index (χ1v) is 5.09. The van der Waals surface area contributed by atoms with E-state index in [1.807, 2.05) is 14.1 Å². The largest absolute Gasteiger partial charge is 0.306 e. The van der Waals surface area contributed by atoms with Gasteiger partial charge in [-0.2, -0.15) is 0 Å². The Bertz CT molecular complexity index is 166. The summed E-state index contributed by atoms with van der Waals surface area (Å²) in [5.74, 6) is 0.403. The van der Waals surface area contributed by atoms with Crippen molar-refractivity contribution in [1.82, 2.24) is 4.90 Å². The lowest BCUT2D eigenvalue weighted by Crippen LogP contribution is -2.53. The van der Waals surface area contributed by atoms with E-state index < -0.39 is 11.1 Å². The van der Waals surface area contributed by atoms with Crippen molar-refractivity contribution in [3.8, 4) is 0 Å². The molecule has 0 aromatic carbocycles. The molecule has 0 saturated heterocycles. The summed E-state index contributed by atoms with van der Waals surface area (Å²) < 4.78 is 19.3. The Kier molecular flexibility index (Phi) is 2.67. The van der Waals surface area contributed by atoms with E-state index in [9.17, 15) is 4.21 Å². The van der Waals surface area contributed by atoms with E-state index in [1.165, 1.54) is 6.42 Å². The summed E-state index contributed by atoms with van der Waals surface area (Å²) in [6.45, 7) is 0. The zero-order chi connectivity index (χ0) is 8.48. The fraction of sp³-hybridized carbons (Fsp3) is 1.00. The van der Waals surface area contributed by atoms with Crippen LogP contribution in [0.5, 0.6) is 0 Å². The van der Waals surface area contributed by atoms with Gasteiger partial charge in [0.2, 0.25) is 0 Å². The molecule has 1 saturated carbocycles. The van der Waals surface area contributed by atoms with Gasteiger partial charge in [0, 0.05) is 5.54 Å². The van der Waals surface area contributed by atoms with Gasteiger partial charge in [-0.05, 0) is 33.4 Å². The molecule has 0 heterocycles. The third kappa shape index (κ3) is 1.80. The standard InChI is InChI=1S/C7H15NO2S/c1-8(2)7(4-3-5-7)6-11(9)10/h3-6H2,1-2H3,(H,9,10). The summed E-state index contributed by atoms with van der Waals surface area (Å²) in [7, 11) is 3.96. The molecule has 0 radical (unpaired) electrons. The fourth-order valence-corrected chi connectivity index (χ4v) is 2.54. The summed E-state index contributed by atoms with van der Waals surface area (Å²) in [6.07, 6.45) is 3.31.